The summed E-state index contributed by atoms with van der Waals surface area (Å²) >= 11 is 0. The van der Waals surface area contributed by atoms with Crippen LogP contribution >= 0.6 is 0 Å². The van der Waals surface area contributed by atoms with Crippen LogP contribution in [-0.2, 0) is 9.59 Å². The second-order valence-electron chi connectivity index (χ2n) is 11.5. The Morgan fingerprint density at radius 2 is 1.07 bits per heavy atom. The Bertz CT molecular complexity index is 1750. The molecule has 0 radical (unpaired) electrons. The molecule has 0 aromatic carbocycles. The van der Waals surface area contributed by atoms with Crippen molar-refractivity contribution in [3.05, 3.63) is 91.2 Å². The Labute approximate surface area is 267 Å². The van der Waals surface area contributed by atoms with Crippen LogP contribution in [0.15, 0.2) is 111 Å². The van der Waals surface area contributed by atoms with Gasteiger partial charge in [0, 0.05) is 11.1 Å². The number of imide groups is 1. The lowest BCUT2D eigenvalue weighted by molar-refractivity contribution is -0.122. The van der Waals surface area contributed by atoms with Crippen molar-refractivity contribution in [1.29, 1.82) is 0 Å². The van der Waals surface area contributed by atoms with Crippen molar-refractivity contribution in [2.75, 3.05) is 0 Å². The van der Waals surface area contributed by atoms with Crippen LogP contribution < -0.4 is 5.32 Å². The van der Waals surface area contributed by atoms with Gasteiger partial charge in [0.1, 0.15) is 0 Å². The topological polar surface area (TPSA) is 95.6 Å². The third-order valence-corrected chi connectivity index (χ3v) is 9.34. The predicted octanol–water partition coefficient (Wildman–Crippen LogP) is 8.46. The number of nitrogens with zero attached hydrogens (tertiary/aromatic N) is 4. The van der Waals surface area contributed by atoms with Gasteiger partial charge in [0.2, 0.25) is 6.41 Å². The van der Waals surface area contributed by atoms with E-state index in [2.05, 4.69) is 66.8 Å². The Morgan fingerprint density at radius 3 is 1.62 bits per heavy atom. The molecule has 5 aliphatic heterocycles. The summed E-state index contributed by atoms with van der Waals surface area (Å²) in [7, 11) is 0. The summed E-state index contributed by atoms with van der Waals surface area (Å²) in [5, 5.41) is 2.43. The molecular weight excluding hydrogens is 558 g/mol. The molecule has 45 heavy (non-hydrogen) atoms. The highest BCUT2D eigenvalue weighted by molar-refractivity contribution is 6.32. The number of rotatable bonds is 10. The fourth-order valence-electron chi connectivity index (χ4n) is 7.33. The number of nitrogens with one attached hydrogen (secondary N) is 1. The van der Waals surface area contributed by atoms with E-state index >= 15 is 0 Å². The summed E-state index contributed by atoms with van der Waals surface area (Å²) in [5.41, 5.74) is 16.1. The smallest absolute Gasteiger partial charge is 0.262 e. The zero-order valence-electron chi connectivity index (χ0n) is 28.1. The first-order valence-corrected chi connectivity index (χ1v) is 16.7. The van der Waals surface area contributed by atoms with Gasteiger partial charge in [-0.15, -0.1) is 0 Å². The third kappa shape index (κ3) is 5.26. The number of hydrogen-bond donors (Lipinski definition) is 1. The molecule has 0 saturated heterocycles. The summed E-state index contributed by atoms with van der Waals surface area (Å²) in [4.78, 5) is 46.5. The van der Waals surface area contributed by atoms with Crippen LogP contribution in [0.5, 0.6) is 0 Å². The Morgan fingerprint density at radius 1 is 0.556 bits per heavy atom. The summed E-state index contributed by atoms with van der Waals surface area (Å²) in [6.45, 7) is 17.2. The normalized spacial score (nSPS) is 19.6. The van der Waals surface area contributed by atoms with E-state index in [0.717, 1.165) is 106 Å². The van der Waals surface area contributed by atoms with E-state index in [1.54, 1.807) is 0 Å². The number of carbonyl (C=O) groups is 2. The standard InChI is InChI=1S/C38H45N5O2/c1-9-22-23(10-2)36-32(38(45)39-20-44)37-27(14-6)26(13-5)35(43-37)29(16-8)34-25(12-4)24(11-3)33(42-34)28(15-7)30-18-17-21(40-30)19-31(22)41-36/h17-20H,9-16H2,1-8H3,(H,39,44,45). The van der Waals surface area contributed by atoms with Gasteiger partial charge >= 0.3 is 0 Å². The quantitative estimate of drug-likeness (QED) is 0.254. The predicted molar refractivity (Wildman–Crippen MR) is 186 cm³/mol. The molecule has 2 amide bonds. The maximum atomic E-state index is 13.9. The van der Waals surface area contributed by atoms with E-state index in [-0.39, 0.29) is 0 Å². The summed E-state index contributed by atoms with van der Waals surface area (Å²) < 4.78 is 0. The maximum absolute atomic E-state index is 13.9. The highest BCUT2D eigenvalue weighted by Gasteiger charge is 2.36. The van der Waals surface area contributed by atoms with Crippen molar-refractivity contribution in [1.82, 2.24) is 5.32 Å². The molecule has 1 N–H and O–H groups in total. The average molecular weight is 604 g/mol. The molecule has 5 aliphatic rings. The van der Waals surface area contributed by atoms with E-state index in [0.29, 0.717) is 36.2 Å². The lowest BCUT2D eigenvalue weighted by Crippen LogP contribution is -2.29. The number of aliphatic imine (C=N–C) groups is 4. The molecular formula is C38H45N5O2. The Kier molecular flexibility index (Phi) is 9.56. The van der Waals surface area contributed by atoms with Gasteiger partial charge in [-0.25, -0.2) is 20.0 Å². The summed E-state index contributed by atoms with van der Waals surface area (Å²) in [6.07, 6.45) is 12.8. The van der Waals surface area contributed by atoms with Crippen LogP contribution in [0.1, 0.15) is 107 Å². The third-order valence-electron chi connectivity index (χ3n) is 9.34. The highest BCUT2D eigenvalue weighted by Crippen LogP contribution is 2.43. The van der Waals surface area contributed by atoms with Crippen LogP contribution in [-0.4, -0.2) is 35.2 Å². The average Bonchev–Trinajstić information content (AvgIpc) is 3.81. The van der Waals surface area contributed by atoms with E-state index in [1.165, 1.54) is 11.1 Å². The van der Waals surface area contributed by atoms with Gasteiger partial charge in [-0.2, -0.15) is 0 Å². The van der Waals surface area contributed by atoms with Crippen molar-refractivity contribution in [2.24, 2.45) is 20.0 Å². The van der Waals surface area contributed by atoms with Gasteiger partial charge in [-0.05, 0) is 103 Å². The lowest BCUT2D eigenvalue weighted by Gasteiger charge is -2.14. The molecule has 7 nitrogen and oxygen atoms in total. The summed E-state index contributed by atoms with van der Waals surface area (Å²) in [6, 6.07) is 0. The van der Waals surface area contributed by atoms with Crippen LogP contribution in [0.25, 0.3) is 0 Å². The molecule has 5 heterocycles. The minimum absolute atomic E-state index is 0.354. The molecule has 8 bridgehead atoms. The first-order chi connectivity index (χ1) is 21.8. The van der Waals surface area contributed by atoms with Gasteiger partial charge < -0.3 is 0 Å². The first kappa shape index (κ1) is 32.1. The van der Waals surface area contributed by atoms with Crippen LogP contribution in [0.3, 0.4) is 0 Å². The molecule has 0 spiro atoms. The second-order valence-corrected chi connectivity index (χ2v) is 11.5. The highest BCUT2D eigenvalue weighted by atomic mass is 16.2. The molecule has 0 aromatic heterocycles. The number of hydrogen-bond acceptors (Lipinski definition) is 6. The number of amides is 2. The second kappa shape index (κ2) is 13.4. The molecule has 0 saturated carbocycles. The van der Waals surface area contributed by atoms with Crippen LogP contribution in [0.2, 0.25) is 0 Å². The van der Waals surface area contributed by atoms with E-state index in [1.807, 2.05) is 12.2 Å². The van der Waals surface area contributed by atoms with Crippen LogP contribution in [0, 0.1) is 0 Å². The Balaban J connectivity index is 1.99. The van der Waals surface area contributed by atoms with Crippen molar-refractivity contribution in [3.8, 4) is 0 Å². The number of carbonyl (C=O) groups excluding carboxylic acids is 2. The monoisotopic (exact) mass is 603 g/mol. The molecule has 5 rings (SSSR count). The summed E-state index contributed by atoms with van der Waals surface area (Å²) in [5.74, 6) is -0.487. The van der Waals surface area contributed by atoms with Crippen LogP contribution in [0.4, 0.5) is 0 Å². The fraction of sp³-hybridized carbons (Fsp3) is 0.421. The number of fused-ring (bicyclic) bond motifs is 4. The molecule has 0 fully saturated rings. The van der Waals surface area contributed by atoms with Gasteiger partial charge in [0.05, 0.1) is 51.2 Å². The van der Waals surface area contributed by atoms with Gasteiger partial charge in [0.25, 0.3) is 5.91 Å². The van der Waals surface area contributed by atoms with E-state index < -0.39 is 5.91 Å². The molecule has 0 aromatic rings. The molecule has 7 heteroatoms. The molecule has 0 atom stereocenters. The van der Waals surface area contributed by atoms with Crippen molar-refractivity contribution < 1.29 is 9.59 Å². The van der Waals surface area contributed by atoms with Gasteiger partial charge in [-0.3, -0.25) is 14.9 Å². The molecule has 0 unspecified atom stereocenters. The van der Waals surface area contributed by atoms with Gasteiger partial charge in [0.15, 0.2) is 0 Å². The minimum atomic E-state index is -0.487. The van der Waals surface area contributed by atoms with Crippen molar-refractivity contribution in [3.63, 3.8) is 0 Å². The fourth-order valence-corrected chi connectivity index (χ4v) is 7.33. The zero-order valence-corrected chi connectivity index (χ0v) is 28.1. The van der Waals surface area contributed by atoms with Crippen molar-refractivity contribution in [2.45, 2.75) is 107 Å². The van der Waals surface area contributed by atoms with Gasteiger partial charge in [-0.1, -0.05) is 55.4 Å². The molecule has 234 valence electrons. The SMILES string of the molecule is CCC1=C(CC)C2=C(C(=O)NC=O)C3=NC(=C(CC)C4=NC(=C(CC)C5=NC(=CC1=N2)C=C5)C(CC)=C4CC)C(CC)=C3CC. The van der Waals surface area contributed by atoms with E-state index in [4.69, 9.17) is 20.0 Å². The zero-order chi connectivity index (χ0) is 32.4. The minimum Gasteiger partial charge on any atom is -0.295 e. The Hall–Kier alpha value is -4.26. The maximum Gasteiger partial charge on any atom is 0.262 e. The van der Waals surface area contributed by atoms with E-state index in [9.17, 15) is 9.59 Å². The first-order valence-electron chi connectivity index (χ1n) is 16.7. The molecule has 0 aliphatic carbocycles. The largest absolute Gasteiger partial charge is 0.295 e. The van der Waals surface area contributed by atoms with Crippen molar-refractivity contribution >= 4 is 35.2 Å². The number of allylic oxidation sites excluding steroid dienone is 11. The lowest BCUT2D eigenvalue weighted by atomic mass is 9.88.